The molecule has 0 aliphatic rings. The number of anilines is 2. The van der Waals surface area contributed by atoms with Gasteiger partial charge in [-0.2, -0.15) is 0 Å². The van der Waals surface area contributed by atoms with E-state index in [0.717, 1.165) is 26.8 Å². The predicted octanol–water partition coefficient (Wildman–Crippen LogP) is 6.62. The third-order valence-corrected chi connectivity index (χ3v) is 6.04. The van der Waals surface area contributed by atoms with Gasteiger partial charge in [-0.15, -0.1) is 11.3 Å². The molecule has 31 heavy (non-hydrogen) atoms. The maximum atomic E-state index is 12.6. The molecule has 4 rings (SSSR count). The zero-order valence-electron chi connectivity index (χ0n) is 17.8. The number of aryl methyl sites for hydroxylation is 1. The molecule has 0 aliphatic heterocycles. The highest BCUT2D eigenvalue weighted by atomic mass is 32.1. The van der Waals surface area contributed by atoms with Crippen molar-refractivity contribution < 1.29 is 9.21 Å². The first-order valence-corrected chi connectivity index (χ1v) is 11.1. The molecule has 0 aliphatic carbocycles. The number of thiophene rings is 1. The van der Waals surface area contributed by atoms with Crippen molar-refractivity contribution in [2.24, 2.45) is 0 Å². The molecule has 3 aromatic heterocycles. The van der Waals surface area contributed by atoms with Gasteiger partial charge in [0.1, 0.15) is 10.8 Å². The van der Waals surface area contributed by atoms with E-state index in [9.17, 15) is 4.79 Å². The van der Waals surface area contributed by atoms with Gasteiger partial charge in [0, 0.05) is 16.6 Å². The Kier molecular flexibility index (Phi) is 6.18. The topological polar surface area (TPSA) is 67.2 Å². The van der Waals surface area contributed by atoms with E-state index < -0.39 is 0 Å². The Morgan fingerprint density at radius 1 is 1.03 bits per heavy atom. The zero-order chi connectivity index (χ0) is 21.8. The van der Waals surface area contributed by atoms with Crippen molar-refractivity contribution in [2.75, 3.05) is 10.6 Å². The van der Waals surface area contributed by atoms with E-state index in [-0.39, 0.29) is 17.7 Å². The number of rotatable bonds is 7. The minimum absolute atomic E-state index is 0.173. The number of furan rings is 1. The van der Waals surface area contributed by atoms with E-state index in [1.807, 2.05) is 25.1 Å². The van der Waals surface area contributed by atoms with Crippen LogP contribution in [0.3, 0.4) is 0 Å². The highest BCUT2D eigenvalue weighted by molar-refractivity contribution is 7.16. The standard InChI is InChI=1S/C25H25N3O2S/c1-16(2)18-9-11-19(12-10-18)23(27-22-8-4-5-13-26-22)20-15-17(3)31-25(20)28-24(29)21-7-6-14-30-21/h4-16,23H,1-3H3,(H,26,27)(H,28,29)/t23-/m0/s1. The average Bonchev–Trinajstić information content (AvgIpc) is 3.43. The van der Waals surface area contributed by atoms with Crippen LogP contribution < -0.4 is 10.6 Å². The highest BCUT2D eigenvalue weighted by Gasteiger charge is 2.23. The summed E-state index contributed by atoms with van der Waals surface area (Å²) >= 11 is 1.55. The molecule has 0 spiro atoms. The molecule has 3 heterocycles. The van der Waals surface area contributed by atoms with Crippen molar-refractivity contribution in [3.63, 3.8) is 0 Å². The molecule has 0 saturated carbocycles. The normalized spacial score (nSPS) is 12.0. The van der Waals surface area contributed by atoms with Gasteiger partial charge in [-0.3, -0.25) is 4.79 Å². The van der Waals surface area contributed by atoms with E-state index in [1.165, 1.54) is 11.8 Å². The fourth-order valence-corrected chi connectivity index (χ4v) is 4.37. The summed E-state index contributed by atoms with van der Waals surface area (Å²) in [6.45, 7) is 6.41. The number of carbonyl (C=O) groups is 1. The summed E-state index contributed by atoms with van der Waals surface area (Å²) in [5.41, 5.74) is 3.37. The fourth-order valence-electron chi connectivity index (χ4n) is 3.43. The van der Waals surface area contributed by atoms with Gasteiger partial charge in [0.05, 0.1) is 12.3 Å². The second-order valence-corrected chi connectivity index (χ2v) is 8.94. The summed E-state index contributed by atoms with van der Waals surface area (Å²) in [5.74, 6) is 1.25. The molecule has 1 aromatic carbocycles. The molecular formula is C25H25N3O2S. The molecule has 1 amide bonds. The lowest BCUT2D eigenvalue weighted by Gasteiger charge is -2.21. The Balaban J connectivity index is 1.72. The minimum Gasteiger partial charge on any atom is -0.459 e. The molecule has 158 valence electrons. The van der Waals surface area contributed by atoms with Crippen molar-refractivity contribution >= 4 is 28.1 Å². The minimum atomic E-state index is -0.264. The van der Waals surface area contributed by atoms with Crippen molar-refractivity contribution in [3.8, 4) is 0 Å². The van der Waals surface area contributed by atoms with Gasteiger partial charge in [0.25, 0.3) is 5.91 Å². The third-order valence-electron chi connectivity index (χ3n) is 5.06. The molecule has 2 N–H and O–H groups in total. The van der Waals surface area contributed by atoms with Crippen LogP contribution in [0, 0.1) is 6.92 Å². The van der Waals surface area contributed by atoms with Crippen LogP contribution in [-0.2, 0) is 0 Å². The first kappa shape index (κ1) is 20.9. The number of carbonyl (C=O) groups excluding carboxylic acids is 1. The van der Waals surface area contributed by atoms with Crippen LogP contribution >= 0.6 is 11.3 Å². The van der Waals surface area contributed by atoms with E-state index in [1.54, 1.807) is 29.7 Å². The second-order valence-electron chi connectivity index (χ2n) is 7.69. The Labute approximate surface area is 186 Å². The fraction of sp³-hybridized carbons (Fsp3) is 0.200. The molecule has 5 nitrogen and oxygen atoms in total. The van der Waals surface area contributed by atoms with E-state index in [4.69, 9.17) is 4.42 Å². The lowest BCUT2D eigenvalue weighted by molar-refractivity contribution is 0.0997. The molecule has 1 atom stereocenters. The molecule has 4 aromatic rings. The maximum Gasteiger partial charge on any atom is 0.291 e. The lowest BCUT2D eigenvalue weighted by atomic mass is 9.96. The summed E-state index contributed by atoms with van der Waals surface area (Å²) in [4.78, 5) is 18.2. The molecule has 0 saturated heterocycles. The van der Waals surface area contributed by atoms with Crippen LogP contribution in [0.1, 0.15) is 57.9 Å². The number of pyridine rings is 1. The van der Waals surface area contributed by atoms with Crippen molar-refractivity contribution in [1.82, 2.24) is 4.98 Å². The highest BCUT2D eigenvalue weighted by Crippen LogP contribution is 2.38. The van der Waals surface area contributed by atoms with Crippen LogP contribution in [0.4, 0.5) is 10.8 Å². The number of hydrogen-bond acceptors (Lipinski definition) is 5. The van der Waals surface area contributed by atoms with Crippen molar-refractivity contribution in [3.05, 3.63) is 100 Å². The maximum absolute atomic E-state index is 12.6. The summed E-state index contributed by atoms with van der Waals surface area (Å²) in [6, 6.07) is 19.7. The second kappa shape index (κ2) is 9.18. The molecule has 0 fully saturated rings. The van der Waals surface area contributed by atoms with Gasteiger partial charge >= 0.3 is 0 Å². The monoisotopic (exact) mass is 431 g/mol. The lowest BCUT2D eigenvalue weighted by Crippen LogP contribution is -2.17. The Hall–Kier alpha value is -3.38. The number of aromatic nitrogens is 1. The quantitative estimate of drug-likeness (QED) is 0.345. The predicted molar refractivity (Wildman–Crippen MR) is 126 cm³/mol. The van der Waals surface area contributed by atoms with Crippen LogP contribution in [0.5, 0.6) is 0 Å². The van der Waals surface area contributed by atoms with Gasteiger partial charge in [-0.25, -0.2) is 4.98 Å². The van der Waals surface area contributed by atoms with Crippen molar-refractivity contribution in [1.29, 1.82) is 0 Å². The van der Waals surface area contributed by atoms with Gasteiger partial charge in [-0.1, -0.05) is 44.2 Å². The number of nitrogens with zero attached hydrogens (tertiary/aromatic N) is 1. The third kappa shape index (κ3) is 4.86. The summed E-state index contributed by atoms with van der Waals surface area (Å²) in [5, 5.41) is 7.36. The van der Waals surface area contributed by atoms with Gasteiger partial charge in [0.2, 0.25) is 0 Å². The van der Waals surface area contributed by atoms with Gasteiger partial charge in [-0.05, 0) is 54.3 Å². The number of nitrogens with one attached hydrogen (secondary N) is 2. The van der Waals surface area contributed by atoms with Crippen LogP contribution in [0.2, 0.25) is 0 Å². The van der Waals surface area contributed by atoms with Gasteiger partial charge in [0.15, 0.2) is 5.76 Å². The molecule has 0 unspecified atom stereocenters. The van der Waals surface area contributed by atoms with E-state index >= 15 is 0 Å². The molecule has 0 radical (unpaired) electrons. The van der Waals surface area contributed by atoms with E-state index in [0.29, 0.717) is 5.92 Å². The first-order valence-electron chi connectivity index (χ1n) is 10.2. The largest absolute Gasteiger partial charge is 0.459 e. The number of hydrogen-bond donors (Lipinski definition) is 2. The van der Waals surface area contributed by atoms with E-state index in [2.05, 4.69) is 59.8 Å². The average molecular weight is 432 g/mol. The molecular weight excluding hydrogens is 406 g/mol. The number of amides is 1. The molecule has 0 bridgehead atoms. The van der Waals surface area contributed by atoms with Crippen LogP contribution in [0.15, 0.2) is 77.5 Å². The smallest absolute Gasteiger partial charge is 0.291 e. The SMILES string of the molecule is Cc1cc([C@@H](Nc2ccccn2)c2ccc(C(C)C)cc2)c(NC(=O)c2ccco2)s1. The van der Waals surface area contributed by atoms with Gasteiger partial charge < -0.3 is 15.1 Å². The molecule has 6 heteroatoms. The first-order chi connectivity index (χ1) is 15.0. The zero-order valence-corrected chi connectivity index (χ0v) is 18.6. The van der Waals surface area contributed by atoms with Crippen molar-refractivity contribution in [2.45, 2.75) is 32.7 Å². The Morgan fingerprint density at radius 3 is 2.45 bits per heavy atom. The Morgan fingerprint density at radius 2 is 1.81 bits per heavy atom. The Bertz CT molecular complexity index is 1130. The van der Waals surface area contributed by atoms with Crippen LogP contribution in [0.25, 0.3) is 0 Å². The summed E-state index contributed by atoms with van der Waals surface area (Å²) < 4.78 is 5.26. The number of benzene rings is 1. The summed E-state index contributed by atoms with van der Waals surface area (Å²) in [6.07, 6.45) is 3.26. The summed E-state index contributed by atoms with van der Waals surface area (Å²) in [7, 11) is 0. The van der Waals surface area contributed by atoms with Crippen LogP contribution in [-0.4, -0.2) is 10.9 Å².